The van der Waals surface area contributed by atoms with E-state index in [1.807, 2.05) is 68.2 Å². The number of piperidine rings is 1. The third kappa shape index (κ3) is 29.0. The van der Waals surface area contributed by atoms with Crippen LogP contribution in [0.5, 0.6) is 0 Å². The lowest BCUT2D eigenvalue weighted by Gasteiger charge is -2.36. The second-order valence-corrected chi connectivity index (χ2v) is 34.7. The molecule has 696 valence electrons. The van der Waals surface area contributed by atoms with E-state index in [2.05, 4.69) is 86.6 Å². The van der Waals surface area contributed by atoms with E-state index >= 15 is 0 Å². The molecule has 1 aliphatic carbocycles. The molecule has 129 heavy (non-hydrogen) atoms. The third-order valence-corrected chi connectivity index (χ3v) is 25.0. The van der Waals surface area contributed by atoms with Crippen LogP contribution < -0.4 is 37.2 Å². The van der Waals surface area contributed by atoms with Crippen LogP contribution in [0, 0.1) is 29.1 Å². The maximum atomic E-state index is 14.4. The Labute approximate surface area is 754 Å². The van der Waals surface area contributed by atoms with E-state index in [1.54, 1.807) is 50.1 Å². The van der Waals surface area contributed by atoms with Gasteiger partial charge in [-0.15, -0.1) is 0 Å². The van der Waals surface area contributed by atoms with E-state index in [9.17, 15) is 38.7 Å². The van der Waals surface area contributed by atoms with Crippen molar-refractivity contribution in [3.8, 4) is 0 Å². The maximum absolute atomic E-state index is 14.4. The molecular weight excluding hydrogens is 1650 g/mol. The van der Waals surface area contributed by atoms with Crippen molar-refractivity contribution in [2.45, 2.75) is 219 Å². The van der Waals surface area contributed by atoms with Crippen molar-refractivity contribution in [2.75, 3.05) is 132 Å². The predicted octanol–water partition coefficient (Wildman–Crippen LogP) is 10.7. The number of nitrogen functional groups attached to an aromatic ring is 2. The van der Waals surface area contributed by atoms with Gasteiger partial charge in [-0.05, 0) is 180 Å². The van der Waals surface area contributed by atoms with E-state index in [-0.39, 0.29) is 117 Å². The monoisotopic (exact) mass is 1780 g/mol. The highest BCUT2D eigenvalue weighted by atomic mass is 16.6. The Hall–Kier alpha value is -11.0. The summed E-state index contributed by atoms with van der Waals surface area (Å²) in [6.07, 6.45) is 27.4. The van der Waals surface area contributed by atoms with Crippen molar-refractivity contribution in [3.05, 3.63) is 154 Å². The summed E-state index contributed by atoms with van der Waals surface area (Å²) in [4.78, 5) is 134. The van der Waals surface area contributed by atoms with Gasteiger partial charge < -0.3 is 94.4 Å². The molecule has 6 aliphatic rings. The molecule has 0 radical (unpaired) electrons. The Balaban J connectivity index is 0.475. The fourth-order valence-corrected chi connectivity index (χ4v) is 17.4. The summed E-state index contributed by atoms with van der Waals surface area (Å²) in [5.41, 5.74) is 20.2. The van der Waals surface area contributed by atoms with Gasteiger partial charge in [0.15, 0.2) is 5.58 Å². The zero-order valence-corrected chi connectivity index (χ0v) is 75.4. The zero-order valence-electron chi connectivity index (χ0n) is 75.4. The number of cyclic esters (lactones) is 1. The van der Waals surface area contributed by atoms with Crippen LogP contribution in [0.3, 0.4) is 0 Å². The number of benzene rings is 2. The van der Waals surface area contributed by atoms with E-state index in [4.69, 9.17) is 59.2 Å². The smallest absolute Gasteiger partial charge is 0.407 e. The topological polar surface area (TPSA) is 442 Å². The number of amides is 4. The molecule has 9 N–H and O–H groups in total. The molecule has 1 saturated carbocycles. The first kappa shape index (κ1) is 97.1. The lowest BCUT2D eigenvalue weighted by atomic mass is 9.83. The third-order valence-electron chi connectivity index (χ3n) is 25.0. The second-order valence-electron chi connectivity index (χ2n) is 34.7. The molecule has 2 aromatic carbocycles. The number of hydrogen-bond acceptors (Lipinski definition) is 30. The molecule has 9 heterocycles. The number of rotatable bonds is 30. The molecule has 4 aromatic heterocycles. The van der Waals surface area contributed by atoms with Crippen molar-refractivity contribution in [1.29, 1.82) is 5.41 Å². The number of carbonyl (C=O) groups excluding carboxylic acids is 7. The number of Topliss-reactive ketones (excluding diaryl/α,β-unsaturated/α-hetero) is 2. The number of anilines is 5. The van der Waals surface area contributed by atoms with E-state index in [0.29, 0.717) is 226 Å². The molecule has 3 saturated heterocycles. The van der Waals surface area contributed by atoms with Crippen molar-refractivity contribution in [3.63, 3.8) is 0 Å². The van der Waals surface area contributed by atoms with Gasteiger partial charge in [-0.1, -0.05) is 75.4 Å². The number of aliphatic hydroxyl groups excluding tert-OH is 1. The number of piperazine rings is 1. The number of nitrogens with two attached hydrogens (primary N) is 2. The minimum atomic E-state index is -0.927. The Morgan fingerprint density at radius 2 is 1.38 bits per heavy atom. The van der Waals surface area contributed by atoms with Crippen LogP contribution in [0.15, 0.2) is 120 Å². The molecule has 0 spiro atoms. The van der Waals surface area contributed by atoms with Gasteiger partial charge in [-0.25, -0.2) is 39.5 Å². The number of alkyl carbamates (subject to hydrolysis) is 1. The highest BCUT2D eigenvalue weighted by Crippen LogP contribution is 2.35. The average Bonchev–Trinajstić information content (AvgIpc) is 1.78. The molecule has 34 heteroatoms. The van der Waals surface area contributed by atoms with E-state index in [1.165, 1.54) is 11.2 Å². The van der Waals surface area contributed by atoms with Crippen LogP contribution in [-0.4, -0.2) is 245 Å². The molecule has 5 aliphatic heterocycles. The molecule has 6 aromatic rings. The quantitative estimate of drug-likeness (QED) is 0.00724. The van der Waals surface area contributed by atoms with Gasteiger partial charge in [0.1, 0.15) is 53.6 Å². The highest BCUT2D eigenvalue weighted by molar-refractivity contribution is 6.38. The summed E-state index contributed by atoms with van der Waals surface area (Å²) in [6.45, 7) is 17.1. The molecule has 2 bridgehead atoms. The van der Waals surface area contributed by atoms with Crippen molar-refractivity contribution in [2.24, 2.45) is 23.7 Å². The van der Waals surface area contributed by atoms with Crippen LogP contribution in [0.25, 0.3) is 11.1 Å². The number of hydrogen-bond donors (Lipinski definition) is 7. The van der Waals surface area contributed by atoms with Gasteiger partial charge in [0, 0.05) is 134 Å². The molecule has 4 fully saturated rings. The number of aliphatic hydroxyl groups is 1. The normalized spacial score (nSPS) is 24.7. The summed E-state index contributed by atoms with van der Waals surface area (Å²) in [5, 5.41) is 29.3. The minimum Gasteiger partial charge on any atom is -0.461 e. The van der Waals surface area contributed by atoms with Crippen molar-refractivity contribution >= 4 is 87.7 Å². The minimum absolute atomic E-state index is 0.00666. The molecule has 12 rings (SSSR count). The van der Waals surface area contributed by atoms with Gasteiger partial charge in [0.25, 0.3) is 17.8 Å². The summed E-state index contributed by atoms with van der Waals surface area (Å²) in [6, 6.07) is 10.5. The largest absolute Gasteiger partial charge is 0.461 e. The van der Waals surface area contributed by atoms with Crippen LogP contribution in [0.2, 0.25) is 0 Å². The Bertz CT molecular complexity index is 4860. The van der Waals surface area contributed by atoms with Crippen LogP contribution >= 0.6 is 0 Å². The number of nitrogens with one attached hydrogen (secondary N) is 4. The van der Waals surface area contributed by atoms with Crippen LogP contribution in [0.1, 0.15) is 194 Å². The van der Waals surface area contributed by atoms with Crippen LogP contribution in [0.4, 0.5) is 34.3 Å². The molecular formula is C95H129N17O17. The summed E-state index contributed by atoms with van der Waals surface area (Å²) >= 11 is 0. The highest BCUT2D eigenvalue weighted by Gasteiger charge is 2.42. The van der Waals surface area contributed by atoms with Gasteiger partial charge in [0.2, 0.25) is 23.6 Å². The summed E-state index contributed by atoms with van der Waals surface area (Å²) in [7, 11) is 1.65. The van der Waals surface area contributed by atoms with E-state index < -0.39 is 48.1 Å². The van der Waals surface area contributed by atoms with Crippen LogP contribution in [-0.2, 0) is 87.9 Å². The fourth-order valence-electron chi connectivity index (χ4n) is 17.4. The number of oxazole rings is 1. The Kier molecular flexibility index (Phi) is 37.0. The summed E-state index contributed by atoms with van der Waals surface area (Å²) < 4.78 is 52.5. The Morgan fingerprint density at radius 3 is 2.11 bits per heavy atom. The SMILES string of the molecule is CO[C@H]1CC2CCCC(O2)C(=O)C(=O)N2CCCC[C@H]2C(=O)O[C@H](CC[C@H]2CC[C@H](OC(=O)NCCOCCOCCOCCOCCC(=O)NCc3cnc(N4CCN(c5ncc(C(=O)N6CCc7cc(CNc8ncnc(N)c8C(=N)c8ccc9oc(N)nc9c8)ccc7C6)cn5)CC4)nc3)CC2)CC[C@H](C)/C=C(\C)[C@@H](O)CC(=O)[C@H](C)C[C@H](C)/C=C/C=C/C=C/1C. The first-order valence-electron chi connectivity index (χ1n) is 45.8. The fraction of sp³-hybridized carbons (Fsp3) is 0.568. The number of allylic oxidation sites excluding steroid dienone is 6. The van der Waals surface area contributed by atoms with Gasteiger partial charge in [-0.2, -0.15) is 4.98 Å². The first-order chi connectivity index (χ1) is 62.5. The lowest BCUT2D eigenvalue weighted by Crippen LogP contribution is -2.54. The number of fused-ring (bicyclic) bond motifs is 5. The number of ether oxygens (including phenoxy) is 8. The number of esters is 1. The molecule has 2 unspecified atom stereocenters. The van der Waals surface area contributed by atoms with Gasteiger partial charge >= 0.3 is 12.1 Å². The van der Waals surface area contributed by atoms with Crippen molar-refractivity contribution in [1.82, 2.24) is 55.3 Å². The maximum Gasteiger partial charge on any atom is 0.407 e. The zero-order chi connectivity index (χ0) is 91.1. The van der Waals surface area contributed by atoms with E-state index in [0.717, 1.165) is 53.5 Å². The lowest BCUT2D eigenvalue weighted by molar-refractivity contribution is -0.167. The molecule has 9 atom stereocenters. The number of nitrogens with zero attached hydrogens (tertiary/aromatic N) is 11. The molecule has 4 amide bonds. The number of carbonyl (C=O) groups is 7. The number of ketones is 2. The summed E-state index contributed by atoms with van der Waals surface area (Å²) in [5.74, 6) is -0.302. The standard InChI is InChI=1S/C95H129N17O17/c1-61-13-8-7-9-14-63(3)82(121-6)51-75-15-12-17-81(126-75)86(116)90(118)112-33-11-10-16-77(112)91(119)127-73(25-18-62(2)48-65(5)79(114)52-78(113)64(4)47-61)26-20-66-21-27-74(28-22-66)128-95(120)99-32-40-123-42-44-125-46-45-124-43-41-122-39-31-83(115)100-54-68-55-102-93(103-56-68)109-35-37-110(38-36-109)94-104-57-72(58-105-94)89(117)111-34-30-69-49-67(19-23-71(69)59-111)53-101-88-84(87(97)106-60-107-88)85(96)70-24-29-80-76(50-70)108-92(98)129-80/h7-9,13-14,19,23-24,29,48-50,55-58,60-62,64,66,73-75,77,79,81-82,96,114H,10-12,15-18,20-22,25-28,30-47,51-54,59H2,1-6H3,(H2,98,108)(H,99,120)(H,100,115)(H3,97,101,106,107)/b9-7+,13-8+,63-14+,65-48+,96-85?/t61-,62+,64-,66-,73+,74-,75?,77+,79+,81?,82+/m1/s1. The predicted molar refractivity (Wildman–Crippen MR) is 486 cm³/mol. The average molecular weight is 1780 g/mol. The van der Waals surface area contributed by atoms with Gasteiger partial charge in [0.05, 0.1) is 88.0 Å². The Morgan fingerprint density at radius 1 is 0.667 bits per heavy atom. The number of methoxy groups -OCH3 is 1. The molecule has 34 nitrogen and oxygen atoms in total. The first-order valence-corrected chi connectivity index (χ1v) is 45.8. The number of aromatic nitrogens is 7. The second kappa shape index (κ2) is 49.1. The van der Waals surface area contributed by atoms with Gasteiger partial charge in [-0.3, -0.25) is 29.4 Å². The van der Waals surface area contributed by atoms with Crippen molar-refractivity contribution < 1.29 is 81.0 Å².